The van der Waals surface area contributed by atoms with E-state index in [0.717, 1.165) is 0 Å². The van der Waals surface area contributed by atoms with Crippen molar-refractivity contribution in [2.75, 3.05) is 12.8 Å². The van der Waals surface area contributed by atoms with Gasteiger partial charge < -0.3 is 20.3 Å². The lowest BCUT2D eigenvalue weighted by molar-refractivity contribution is 0.0691. The molecule has 1 aromatic carbocycles. The van der Waals surface area contributed by atoms with Crippen LogP contribution in [-0.2, 0) is 6.61 Å². The molecule has 0 unspecified atom stereocenters. The number of nitrogens with two attached hydrogens (primary N) is 1. The molecule has 0 aliphatic heterocycles. The Morgan fingerprint density at radius 2 is 1.95 bits per heavy atom. The van der Waals surface area contributed by atoms with E-state index in [-0.39, 0.29) is 23.8 Å². The largest absolute Gasteiger partial charge is 0.493 e. The van der Waals surface area contributed by atoms with Crippen molar-refractivity contribution in [3.63, 3.8) is 0 Å². The van der Waals surface area contributed by atoms with Crippen LogP contribution in [0.25, 0.3) is 0 Å². The number of hydrogen-bond acceptors (Lipinski definition) is 6. The first kappa shape index (κ1) is 14.6. The van der Waals surface area contributed by atoms with Crippen molar-refractivity contribution in [3.8, 4) is 11.5 Å². The number of ether oxygens (including phenoxy) is 2. The van der Waals surface area contributed by atoms with Gasteiger partial charge in [-0.25, -0.2) is 14.8 Å². The third-order valence-electron chi connectivity index (χ3n) is 2.83. The van der Waals surface area contributed by atoms with Gasteiger partial charge in [0, 0.05) is 0 Å². The fourth-order valence-corrected chi connectivity index (χ4v) is 1.92. The van der Waals surface area contributed by atoms with E-state index < -0.39 is 5.97 Å². The Bertz CT molecular complexity index is 673. The van der Waals surface area contributed by atoms with Gasteiger partial charge in [0.1, 0.15) is 12.2 Å². The van der Waals surface area contributed by atoms with Crippen LogP contribution in [0.4, 0.5) is 5.95 Å². The lowest BCUT2D eigenvalue weighted by atomic mass is 10.1. The molecule has 0 atom stereocenters. The number of anilines is 1. The molecule has 0 spiro atoms. The smallest absolute Gasteiger partial charge is 0.339 e. The van der Waals surface area contributed by atoms with Crippen LogP contribution < -0.4 is 15.2 Å². The first-order valence-electron chi connectivity index (χ1n) is 6.15. The molecule has 2 rings (SSSR count). The minimum Gasteiger partial charge on any atom is -0.493 e. The summed E-state index contributed by atoms with van der Waals surface area (Å²) in [6.07, 6.45) is 0. The minimum absolute atomic E-state index is 0.000835. The number of hydrogen-bond donors (Lipinski definition) is 2. The van der Waals surface area contributed by atoms with Crippen LogP contribution in [0.5, 0.6) is 11.5 Å². The summed E-state index contributed by atoms with van der Waals surface area (Å²) in [6, 6.07) is 7.06. The van der Waals surface area contributed by atoms with Gasteiger partial charge in [0.05, 0.1) is 18.5 Å². The van der Waals surface area contributed by atoms with Crippen LogP contribution in [0.15, 0.2) is 24.3 Å². The number of carboxylic acid groups (broad SMARTS) is 1. The summed E-state index contributed by atoms with van der Waals surface area (Å²) in [6.45, 7) is 1.52. The molecule has 0 saturated heterocycles. The third kappa shape index (κ3) is 3.19. The summed E-state index contributed by atoms with van der Waals surface area (Å²) in [7, 11) is 1.53. The monoisotopic (exact) mass is 289 g/mol. The van der Waals surface area contributed by atoms with E-state index in [0.29, 0.717) is 17.2 Å². The quantitative estimate of drug-likeness (QED) is 0.861. The predicted octanol–water partition coefficient (Wildman–Crippen LogP) is 1.65. The van der Waals surface area contributed by atoms with Gasteiger partial charge in [-0.1, -0.05) is 12.1 Å². The molecule has 3 N–H and O–H groups in total. The Morgan fingerprint density at radius 3 is 2.57 bits per heavy atom. The van der Waals surface area contributed by atoms with Crippen LogP contribution in [-0.4, -0.2) is 28.2 Å². The van der Waals surface area contributed by atoms with Gasteiger partial charge in [-0.2, -0.15) is 0 Å². The first-order chi connectivity index (χ1) is 10.0. The molecule has 110 valence electrons. The van der Waals surface area contributed by atoms with Gasteiger partial charge in [-0.3, -0.25) is 0 Å². The average Bonchev–Trinajstić information content (AvgIpc) is 2.44. The highest BCUT2D eigenvalue weighted by Gasteiger charge is 2.18. The van der Waals surface area contributed by atoms with E-state index in [2.05, 4.69) is 9.97 Å². The second-order valence-corrected chi connectivity index (χ2v) is 4.23. The number of methoxy groups -OCH3 is 1. The second-order valence-electron chi connectivity index (χ2n) is 4.23. The number of aromatic carboxylic acids is 1. The fourth-order valence-electron chi connectivity index (χ4n) is 1.92. The lowest BCUT2D eigenvalue weighted by Crippen LogP contribution is -2.14. The zero-order chi connectivity index (χ0) is 15.4. The molecule has 0 aliphatic rings. The van der Waals surface area contributed by atoms with E-state index in [9.17, 15) is 9.90 Å². The molecule has 7 heteroatoms. The number of aryl methyl sites for hydroxylation is 1. The number of nitrogens with zero attached hydrogens (tertiary/aromatic N) is 2. The van der Waals surface area contributed by atoms with Gasteiger partial charge in [0.25, 0.3) is 0 Å². The standard InChI is InChI=1S/C14H15N3O4/c1-8-12(13(18)19)9(17-14(15)16-8)7-21-11-6-4-3-5-10(11)20-2/h3-6H,7H2,1-2H3,(H,18,19)(H2,15,16,17). The predicted molar refractivity (Wildman–Crippen MR) is 75.5 cm³/mol. The molecule has 0 radical (unpaired) electrons. The maximum Gasteiger partial charge on any atom is 0.339 e. The zero-order valence-electron chi connectivity index (χ0n) is 11.7. The molecule has 0 saturated carbocycles. The Labute approximate surface area is 121 Å². The van der Waals surface area contributed by atoms with E-state index in [1.807, 2.05) is 0 Å². The van der Waals surface area contributed by atoms with Crippen molar-refractivity contribution >= 4 is 11.9 Å². The first-order valence-corrected chi connectivity index (χ1v) is 6.15. The second kappa shape index (κ2) is 6.08. The summed E-state index contributed by atoms with van der Waals surface area (Å²) in [5, 5.41) is 9.23. The van der Waals surface area contributed by atoms with Crippen LogP contribution in [0.3, 0.4) is 0 Å². The molecule has 0 amide bonds. The number of para-hydroxylation sites is 2. The van der Waals surface area contributed by atoms with Crippen molar-refractivity contribution in [2.24, 2.45) is 0 Å². The van der Waals surface area contributed by atoms with Crippen LogP contribution in [0.1, 0.15) is 21.7 Å². The van der Waals surface area contributed by atoms with Gasteiger partial charge in [0.15, 0.2) is 11.5 Å². The number of rotatable bonds is 5. The number of carboxylic acids is 1. The summed E-state index contributed by atoms with van der Waals surface area (Å²) in [4.78, 5) is 19.1. The van der Waals surface area contributed by atoms with Crippen molar-refractivity contribution in [3.05, 3.63) is 41.2 Å². The zero-order valence-corrected chi connectivity index (χ0v) is 11.7. The van der Waals surface area contributed by atoms with Crippen molar-refractivity contribution < 1.29 is 19.4 Å². The van der Waals surface area contributed by atoms with Gasteiger partial charge in [-0.05, 0) is 19.1 Å². The Hall–Kier alpha value is -2.83. The molecule has 1 heterocycles. The molecule has 7 nitrogen and oxygen atoms in total. The maximum absolute atomic E-state index is 11.3. The van der Waals surface area contributed by atoms with E-state index >= 15 is 0 Å². The van der Waals surface area contributed by atoms with Gasteiger partial charge in [0.2, 0.25) is 5.95 Å². The van der Waals surface area contributed by atoms with E-state index in [1.54, 1.807) is 31.2 Å². The normalized spacial score (nSPS) is 10.2. The van der Waals surface area contributed by atoms with E-state index in [1.165, 1.54) is 7.11 Å². The molecule has 21 heavy (non-hydrogen) atoms. The average molecular weight is 289 g/mol. The molecular formula is C14H15N3O4. The summed E-state index contributed by atoms with van der Waals surface area (Å²) < 4.78 is 10.7. The molecular weight excluding hydrogens is 274 g/mol. The summed E-state index contributed by atoms with van der Waals surface area (Å²) in [5.41, 5.74) is 6.08. The van der Waals surface area contributed by atoms with Crippen molar-refractivity contribution in [1.29, 1.82) is 0 Å². The highest BCUT2D eigenvalue weighted by molar-refractivity contribution is 5.90. The Balaban J connectivity index is 2.30. The minimum atomic E-state index is -1.12. The lowest BCUT2D eigenvalue weighted by Gasteiger charge is -2.12. The van der Waals surface area contributed by atoms with Gasteiger partial charge in [-0.15, -0.1) is 0 Å². The highest BCUT2D eigenvalue weighted by atomic mass is 16.5. The SMILES string of the molecule is COc1ccccc1OCc1nc(N)nc(C)c1C(=O)O. The number of nitrogen functional groups attached to an aromatic ring is 1. The van der Waals surface area contributed by atoms with Crippen LogP contribution in [0.2, 0.25) is 0 Å². The maximum atomic E-state index is 11.3. The number of carbonyl (C=O) groups is 1. The molecule has 0 aliphatic carbocycles. The summed E-state index contributed by atoms with van der Waals surface area (Å²) in [5.74, 6) is -0.0680. The molecule has 0 bridgehead atoms. The highest BCUT2D eigenvalue weighted by Crippen LogP contribution is 2.27. The molecule has 2 aromatic rings. The fraction of sp³-hybridized carbons (Fsp3) is 0.214. The number of aromatic nitrogens is 2. The molecule has 0 fully saturated rings. The number of benzene rings is 1. The Morgan fingerprint density at radius 1 is 1.29 bits per heavy atom. The van der Waals surface area contributed by atoms with Crippen LogP contribution in [0, 0.1) is 6.92 Å². The molecule has 1 aromatic heterocycles. The van der Waals surface area contributed by atoms with Gasteiger partial charge >= 0.3 is 5.97 Å². The summed E-state index contributed by atoms with van der Waals surface area (Å²) >= 11 is 0. The Kier molecular flexibility index (Phi) is 4.22. The van der Waals surface area contributed by atoms with Crippen LogP contribution >= 0.6 is 0 Å². The van der Waals surface area contributed by atoms with Crippen molar-refractivity contribution in [1.82, 2.24) is 9.97 Å². The topological polar surface area (TPSA) is 108 Å². The third-order valence-corrected chi connectivity index (χ3v) is 2.83. The van der Waals surface area contributed by atoms with E-state index in [4.69, 9.17) is 15.2 Å². The van der Waals surface area contributed by atoms with Crippen molar-refractivity contribution in [2.45, 2.75) is 13.5 Å².